The second-order valence-corrected chi connectivity index (χ2v) is 4.79. The molecule has 7 heteroatoms. The molecule has 0 aliphatic carbocycles. The number of nitrogens with one attached hydrogen (secondary N) is 1. The van der Waals surface area contributed by atoms with Crippen LogP contribution in [0.15, 0.2) is 24.3 Å². The number of aryl methyl sites for hydroxylation is 1. The first-order chi connectivity index (χ1) is 9.17. The molecule has 0 radical (unpaired) electrons. The number of halogens is 2. The van der Waals surface area contributed by atoms with Crippen LogP contribution in [-0.4, -0.2) is 16.8 Å². The molecule has 0 fully saturated rings. The Hall–Kier alpha value is -1.76. The van der Waals surface area contributed by atoms with Crippen LogP contribution in [0, 0.1) is 0 Å². The smallest absolute Gasteiger partial charge is 0.387 e. The second kappa shape index (κ2) is 6.42. The largest absolute Gasteiger partial charge is 0.435 e. The van der Waals surface area contributed by atoms with Crippen molar-refractivity contribution in [3.63, 3.8) is 0 Å². The minimum absolute atomic E-state index is 0.155. The average molecular weight is 285 g/mol. The number of rotatable bonds is 6. The SMILES string of the molecule is CCc1nnc(NCc2ccc(OC(F)F)cc2)s1. The number of hydrogen-bond acceptors (Lipinski definition) is 5. The highest BCUT2D eigenvalue weighted by atomic mass is 32.1. The van der Waals surface area contributed by atoms with Gasteiger partial charge in [-0.15, -0.1) is 10.2 Å². The van der Waals surface area contributed by atoms with E-state index in [1.807, 2.05) is 6.92 Å². The molecular formula is C12H13F2N3OS. The van der Waals surface area contributed by atoms with E-state index >= 15 is 0 Å². The van der Waals surface area contributed by atoms with E-state index in [4.69, 9.17) is 0 Å². The maximum Gasteiger partial charge on any atom is 0.387 e. The fourth-order valence-corrected chi connectivity index (χ4v) is 2.11. The Kier molecular flexibility index (Phi) is 4.62. The van der Waals surface area contributed by atoms with Crippen molar-refractivity contribution in [3.05, 3.63) is 34.8 Å². The number of anilines is 1. The van der Waals surface area contributed by atoms with Gasteiger partial charge in [0.05, 0.1) is 0 Å². The van der Waals surface area contributed by atoms with Crippen molar-refractivity contribution in [2.75, 3.05) is 5.32 Å². The summed E-state index contributed by atoms with van der Waals surface area (Å²) in [6, 6.07) is 6.49. The van der Waals surface area contributed by atoms with E-state index in [1.54, 1.807) is 12.1 Å². The number of ether oxygens (including phenoxy) is 1. The highest BCUT2D eigenvalue weighted by Gasteiger charge is 2.04. The summed E-state index contributed by atoms with van der Waals surface area (Å²) in [7, 11) is 0. The Balaban J connectivity index is 1.89. The van der Waals surface area contributed by atoms with Crippen LogP contribution in [0.25, 0.3) is 0 Å². The van der Waals surface area contributed by atoms with Gasteiger partial charge in [-0.25, -0.2) is 0 Å². The summed E-state index contributed by atoms with van der Waals surface area (Å²) in [5.41, 5.74) is 0.954. The van der Waals surface area contributed by atoms with Crippen molar-refractivity contribution in [2.45, 2.75) is 26.5 Å². The van der Waals surface area contributed by atoms with Crippen molar-refractivity contribution >= 4 is 16.5 Å². The molecule has 2 rings (SSSR count). The third-order valence-electron chi connectivity index (χ3n) is 2.36. The minimum atomic E-state index is -2.79. The summed E-state index contributed by atoms with van der Waals surface area (Å²) in [6.45, 7) is -0.211. The van der Waals surface area contributed by atoms with Gasteiger partial charge in [-0.1, -0.05) is 30.4 Å². The molecule has 1 aromatic carbocycles. The topological polar surface area (TPSA) is 47.0 Å². The van der Waals surface area contributed by atoms with Crippen LogP contribution in [0.2, 0.25) is 0 Å². The summed E-state index contributed by atoms with van der Waals surface area (Å²) in [6.07, 6.45) is 0.860. The second-order valence-electron chi connectivity index (χ2n) is 3.73. The molecule has 0 saturated carbocycles. The van der Waals surface area contributed by atoms with Gasteiger partial charge in [0.15, 0.2) is 0 Å². The molecule has 0 amide bonds. The summed E-state index contributed by atoms with van der Waals surface area (Å²) < 4.78 is 28.2. The maximum atomic E-state index is 12.0. The van der Waals surface area contributed by atoms with Gasteiger partial charge < -0.3 is 10.1 Å². The normalized spacial score (nSPS) is 10.7. The number of alkyl halides is 2. The monoisotopic (exact) mass is 285 g/mol. The van der Waals surface area contributed by atoms with E-state index in [-0.39, 0.29) is 5.75 Å². The quantitative estimate of drug-likeness (QED) is 0.884. The molecule has 0 unspecified atom stereocenters. The molecule has 0 aliphatic rings. The number of aromatic nitrogens is 2. The molecule has 19 heavy (non-hydrogen) atoms. The van der Waals surface area contributed by atoms with Gasteiger partial charge in [0, 0.05) is 6.54 Å². The molecule has 1 N–H and O–H groups in total. The van der Waals surface area contributed by atoms with Crippen molar-refractivity contribution in [1.82, 2.24) is 10.2 Å². The molecule has 0 aliphatic heterocycles. The van der Waals surface area contributed by atoms with Crippen LogP contribution >= 0.6 is 11.3 Å². The first kappa shape index (κ1) is 13.7. The van der Waals surface area contributed by atoms with E-state index in [0.717, 1.165) is 22.1 Å². The van der Waals surface area contributed by atoms with Gasteiger partial charge in [0.1, 0.15) is 10.8 Å². The first-order valence-electron chi connectivity index (χ1n) is 5.77. The van der Waals surface area contributed by atoms with Crippen molar-refractivity contribution < 1.29 is 13.5 Å². The van der Waals surface area contributed by atoms with Crippen molar-refractivity contribution in [3.8, 4) is 5.75 Å². The zero-order valence-electron chi connectivity index (χ0n) is 10.3. The molecular weight excluding hydrogens is 272 g/mol. The number of hydrogen-bond donors (Lipinski definition) is 1. The van der Waals surface area contributed by atoms with Crippen LogP contribution in [0.4, 0.5) is 13.9 Å². The van der Waals surface area contributed by atoms with Gasteiger partial charge in [0.25, 0.3) is 0 Å². The van der Waals surface area contributed by atoms with Crippen LogP contribution in [0.5, 0.6) is 5.75 Å². The molecule has 4 nitrogen and oxygen atoms in total. The Morgan fingerprint density at radius 3 is 2.58 bits per heavy atom. The van der Waals surface area contributed by atoms with Crippen LogP contribution in [-0.2, 0) is 13.0 Å². The number of benzene rings is 1. The summed E-state index contributed by atoms with van der Waals surface area (Å²) in [4.78, 5) is 0. The highest BCUT2D eigenvalue weighted by Crippen LogP contribution is 2.18. The standard InChI is InChI=1S/C12H13F2N3OS/c1-2-10-16-17-12(19-10)15-7-8-3-5-9(6-4-8)18-11(13)14/h3-6,11H,2,7H2,1H3,(H,15,17). The molecule has 102 valence electrons. The fourth-order valence-electron chi connectivity index (χ4n) is 1.43. The zero-order valence-corrected chi connectivity index (χ0v) is 11.1. The van der Waals surface area contributed by atoms with Crippen LogP contribution < -0.4 is 10.1 Å². The molecule has 1 aromatic heterocycles. The number of nitrogens with zero attached hydrogens (tertiary/aromatic N) is 2. The predicted molar refractivity (Wildman–Crippen MR) is 69.7 cm³/mol. The van der Waals surface area contributed by atoms with Gasteiger partial charge in [-0.3, -0.25) is 0 Å². The first-order valence-corrected chi connectivity index (χ1v) is 6.59. The lowest BCUT2D eigenvalue weighted by atomic mass is 10.2. The zero-order chi connectivity index (χ0) is 13.7. The van der Waals surface area contributed by atoms with Crippen molar-refractivity contribution in [2.24, 2.45) is 0 Å². The Morgan fingerprint density at radius 1 is 1.26 bits per heavy atom. The molecule has 1 heterocycles. The fraction of sp³-hybridized carbons (Fsp3) is 0.333. The van der Waals surface area contributed by atoms with E-state index in [2.05, 4.69) is 20.3 Å². The van der Waals surface area contributed by atoms with Gasteiger partial charge in [0.2, 0.25) is 5.13 Å². The molecule has 0 spiro atoms. The minimum Gasteiger partial charge on any atom is -0.435 e. The predicted octanol–water partition coefficient (Wildman–Crippen LogP) is 3.31. The van der Waals surface area contributed by atoms with Crippen LogP contribution in [0.3, 0.4) is 0 Å². The van der Waals surface area contributed by atoms with E-state index in [9.17, 15) is 8.78 Å². The lowest BCUT2D eigenvalue weighted by molar-refractivity contribution is -0.0498. The maximum absolute atomic E-state index is 12.0. The summed E-state index contributed by atoms with van der Waals surface area (Å²) in [5.74, 6) is 0.155. The lowest BCUT2D eigenvalue weighted by Gasteiger charge is -2.06. The Bertz CT molecular complexity index is 516. The van der Waals surface area contributed by atoms with Gasteiger partial charge >= 0.3 is 6.61 Å². The van der Waals surface area contributed by atoms with E-state index in [0.29, 0.717) is 6.54 Å². The average Bonchev–Trinajstić information content (AvgIpc) is 2.85. The third kappa shape index (κ3) is 4.13. The summed E-state index contributed by atoms with van der Waals surface area (Å²) >= 11 is 1.51. The summed E-state index contributed by atoms with van der Waals surface area (Å²) in [5, 5.41) is 12.9. The van der Waals surface area contributed by atoms with Crippen molar-refractivity contribution in [1.29, 1.82) is 0 Å². The van der Waals surface area contributed by atoms with Crippen LogP contribution in [0.1, 0.15) is 17.5 Å². The highest BCUT2D eigenvalue weighted by molar-refractivity contribution is 7.15. The van der Waals surface area contributed by atoms with Gasteiger partial charge in [-0.2, -0.15) is 8.78 Å². The molecule has 2 aromatic rings. The van der Waals surface area contributed by atoms with E-state index in [1.165, 1.54) is 23.5 Å². The van der Waals surface area contributed by atoms with Gasteiger partial charge in [-0.05, 0) is 24.1 Å². The Labute approximate surface area is 113 Å². The molecule has 0 atom stereocenters. The molecule has 0 bridgehead atoms. The lowest BCUT2D eigenvalue weighted by Crippen LogP contribution is -2.02. The molecule has 0 saturated heterocycles. The Morgan fingerprint density at radius 2 is 2.00 bits per heavy atom. The van der Waals surface area contributed by atoms with E-state index < -0.39 is 6.61 Å². The third-order valence-corrected chi connectivity index (χ3v) is 3.39.